The molecule has 0 aromatic heterocycles. The molecule has 1 aliphatic rings. The van der Waals surface area contributed by atoms with E-state index in [1.54, 1.807) is 12.1 Å². The van der Waals surface area contributed by atoms with Gasteiger partial charge < -0.3 is 10.1 Å². The van der Waals surface area contributed by atoms with Gasteiger partial charge in [0.2, 0.25) is 0 Å². The SMILES string of the molecule is C[C@H](CNC(=O)[C@@H](C)OC(=O)CN1C(=O)c2ccccc2C1=O)c1ccccc1. The standard InChI is InChI=1S/C22H22N2O5/c1-14(16-8-4-3-5-9-16)12-23-20(26)15(2)29-19(25)13-24-21(27)17-10-6-7-11-18(17)22(24)28/h3-11,14-15H,12-13H2,1-2H3,(H,23,26)/t14-,15-/m1/s1. The Kier molecular flexibility index (Phi) is 6.07. The zero-order valence-corrected chi connectivity index (χ0v) is 16.3. The number of benzene rings is 2. The van der Waals surface area contributed by atoms with Crippen LogP contribution in [0.1, 0.15) is 46.0 Å². The van der Waals surface area contributed by atoms with Crippen LogP contribution in [0.2, 0.25) is 0 Å². The summed E-state index contributed by atoms with van der Waals surface area (Å²) < 4.78 is 5.11. The van der Waals surface area contributed by atoms with Gasteiger partial charge in [0.15, 0.2) is 6.10 Å². The van der Waals surface area contributed by atoms with Crippen molar-refractivity contribution in [2.45, 2.75) is 25.9 Å². The lowest BCUT2D eigenvalue weighted by Crippen LogP contribution is -2.41. The van der Waals surface area contributed by atoms with E-state index in [9.17, 15) is 19.2 Å². The minimum Gasteiger partial charge on any atom is -0.451 e. The monoisotopic (exact) mass is 394 g/mol. The Balaban J connectivity index is 1.50. The van der Waals surface area contributed by atoms with E-state index in [0.29, 0.717) is 6.54 Å². The quantitative estimate of drug-likeness (QED) is 0.574. The van der Waals surface area contributed by atoms with Crippen LogP contribution >= 0.6 is 0 Å². The van der Waals surface area contributed by atoms with Crippen molar-refractivity contribution in [1.29, 1.82) is 0 Å². The summed E-state index contributed by atoms with van der Waals surface area (Å²) >= 11 is 0. The minimum absolute atomic E-state index is 0.0985. The highest BCUT2D eigenvalue weighted by molar-refractivity contribution is 6.22. The molecule has 1 heterocycles. The number of nitrogens with one attached hydrogen (secondary N) is 1. The van der Waals surface area contributed by atoms with Gasteiger partial charge in [-0.3, -0.25) is 24.1 Å². The Morgan fingerprint density at radius 1 is 0.931 bits per heavy atom. The summed E-state index contributed by atoms with van der Waals surface area (Å²) in [5, 5.41) is 2.75. The normalized spacial score (nSPS) is 14.9. The number of hydrogen-bond donors (Lipinski definition) is 1. The number of hydrogen-bond acceptors (Lipinski definition) is 5. The van der Waals surface area contributed by atoms with Crippen LogP contribution in [-0.2, 0) is 14.3 Å². The molecule has 3 rings (SSSR count). The van der Waals surface area contributed by atoms with Gasteiger partial charge in [-0.15, -0.1) is 0 Å². The fraction of sp³-hybridized carbons (Fsp3) is 0.273. The molecular weight excluding hydrogens is 372 g/mol. The van der Waals surface area contributed by atoms with Gasteiger partial charge in [-0.25, -0.2) is 0 Å². The molecule has 0 unspecified atom stereocenters. The van der Waals surface area contributed by atoms with Crippen LogP contribution in [0.15, 0.2) is 54.6 Å². The third-order valence-electron chi connectivity index (χ3n) is 4.79. The molecule has 150 valence electrons. The van der Waals surface area contributed by atoms with Crippen LogP contribution in [-0.4, -0.2) is 47.8 Å². The second kappa shape index (κ2) is 8.68. The van der Waals surface area contributed by atoms with E-state index in [0.717, 1.165) is 10.5 Å². The van der Waals surface area contributed by atoms with Crippen molar-refractivity contribution in [3.8, 4) is 0 Å². The number of carbonyl (C=O) groups excluding carboxylic acids is 4. The van der Waals surface area contributed by atoms with Crippen LogP contribution in [0, 0.1) is 0 Å². The number of ether oxygens (including phenoxy) is 1. The summed E-state index contributed by atoms with van der Waals surface area (Å²) in [7, 11) is 0. The first-order valence-corrected chi connectivity index (χ1v) is 9.36. The molecule has 0 spiro atoms. The molecule has 2 atom stereocenters. The first-order valence-electron chi connectivity index (χ1n) is 9.36. The van der Waals surface area contributed by atoms with Crippen LogP contribution in [0.3, 0.4) is 0 Å². The van der Waals surface area contributed by atoms with Gasteiger partial charge in [0.05, 0.1) is 11.1 Å². The van der Waals surface area contributed by atoms with Gasteiger partial charge in [-0.1, -0.05) is 49.4 Å². The number of imide groups is 1. The molecule has 1 N–H and O–H groups in total. The van der Waals surface area contributed by atoms with Gasteiger partial charge in [0, 0.05) is 6.54 Å². The van der Waals surface area contributed by atoms with Crippen LogP contribution < -0.4 is 5.32 Å². The molecule has 1 aliphatic heterocycles. The van der Waals surface area contributed by atoms with Gasteiger partial charge in [0.1, 0.15) is 6.54 Å². The Labute approximate surface area is 168 Å². The molecule has 0 saturated carbocycles. The third kappa shape index (κ3) is 4.51. The number of nitrogens with zero attached hydrogens (tertiary/aromatic N) is 1. The molecule has 7 nitrogen and oxygen atoms in total. The van der Waals surface area contributed by atoms with Gasteiger partial charge in [-0.05, 0) is 30.5 Å². The average Bonchev–Trinajstić information content (AvgIpc) is 2.97. The van der Waals surface area contributed by atoms with Gasteiger partial charge in [0.25, 0.3) is 17.7 Å². The van der Waals surface area contributed by atoms with E-state index in [2.05, 4.69) is 5.32 Å². The summed E-state index contributed by atoms with van der Waals surface area (Å²) in [5.74, 6) is -2.25. The highest BCUT2D eigenvalue weighted by Crippen LogP contribution is 2.22. The molecule has 0 radical (unpaired) electrons. The van der Waals surface area contributed by atoms with E-state index in [1.807, 2.05) is 37.3 Å². The smallest absolute Gasteiger partial charge is 0.326 e. The predicted octanol–water partition coefficient (Wildman–Crippen LogP) is 2.13. The average molecular weight is 394 g/mol. The summed E-state index contributed by atoms with van der Waals surface area (Å²) in [6.45, 7) is 3.28. The first kappa shape index (κ1) is 20.3. The molecule has 0 bridgehead atoms. The van der Waals surface area contributed by atoms with E-state index < -0.39 is 36.3 Å². The number of esters is 1. The van der Waals surface area contributed by atoms with Gasteiger partial charge in [-0.2, -0.15) is 0 Å². The van der Waals surface area contributed by atoms with Crippen LogP contribution in [0.4, 0.5) is 0 Å². The lowest BCUT2D eigenvalue weighted by atomic mass is 10.0. The largest absolute Gasteiger partial charge is 0.451 e. The second-order valence-corrected chi connectivity index (χ2v) is 6.93. The summed E-state index contributed by atoms with van der Waals surface area (Å²) in [4.78, 5) is 49.8. The number of amides is 3. The fourth-order valence-electron chi connectivity index (χ4n) is 3.10. The van der Waals surface area contributed by atoms with Crippen molar-refractivity contribution >= 4 is 23.7 Å². The van der Waals surface area contributed by atoms with Crippen molar-refractivity contribution in [2.75, 3.05) is 13.1 Å². The topological polar surface area (TPSA) is 92.8 Å². The van der Waals surface area contributed by atoms with Crippen molar-refractivity contribution in [2.24, 2.45) is 0 Å². The maximum Gasteiger partial charge on any atom is 0.326 e. The van der Waals surface area contributed by atoms with Crippen LogP contribution in [0.25, 0.3) is 0 Å². The highest BCUT2D eigenvalue weighted by atomic mass is 16.5. The molecule has 29 heavy (non-hydrogen) atoms. The maximum absolute atomic E-state index is 12.3. The third-order valence-corrected chi connectivity index (χ3v) is 4.79. The second-order valence-electron chi connectivity index (χ2n) is 6.93. The molecular formula is C22H22N2O5. The van der Waals surface area contributed by atoms with E-state index in [-0.39, 0.29) is 17.0 Å². The van der Waals surface area contributed by atoms with Crippen molar-refractivity contribution in [1.82, 2.24) is 10.2 Å². The molecule has 2 aromatic carbocycles. The van der Waals surface area contributed by atoms with Gasteiger partial charge >= 0.3 is 5.97 Å². The molecule has 0 saturated heterocycles. The first-order chi connectivity index (χ1) is 13.9. The lowest BCUT2D eigenvalue weighted by molar-refractivity contribution is -0.154. The zero-order valence-electron chi connectivity index (χ0n) is 16.3. The van der Waals surface area contributed by atoms with Crippen molar-refractivity contribution in [3.05, 3.63) is 71.3 Å². The van der Waals surface area contributed by atoms with Crippen molar-refractivity contribution < 1.29 is 23.9 Å². The maximum atomic E-state index is 12.3. The number of rotatable bonds is 7. The fourth-order valence-corrected chi connectivity index (χ4v) is 3.10. The summed E-state index contributed by atoms with van der Waals surface area (Å²) in [6.07, 6.45) is -1.04. The zero-order chi connectivity index (χ0) is 21.0. The van der Waals surface area contributed by atoms with Crippen LogP contribution in [0.5, 0.6) is 0 Å². The summed E-state index contributed by atoms with van der Waals surface area (Å²) in [6, 6.07) is 16.1. The minimum atomic E-state index is -1.04. The number of carbonyl (C=O) groups is 4. The molecule has 2 aromatic rings. The summed E-state index contributed by atoms with van der Waals surface area (Å²) in [5.41, 5.74) is 1.60. The Bertz CT molecular complexity index is 906. The van der Waals surface area contributed by atoms with E-state index in [4.69, 9.17) is 4.74 Å². The molecule has 0 fully saturated rings. The van der Waals surface area contributed by atoms with E-state index in [1.165, 1.54) is 19.1 Å². The molecule has 7 heteroatoms. The Hall–Kier alpha value is -3.48. The Morgan fingerprint density at radius 3 is 2.07 bits per heavy atom. The molecule has 3 amide bonds. The highest BCUT2D eigenvalue weighted by Gasteiger charge is 2.37. The number of fused-ring (bicyclic) bond motifs is 1. The predicted molar refractivity (Wildman–Crippen MR) is 105 cm³/mol. The van der Waals surface area contributed by atoms with Crippen molar-refractivity contribution in [3.63, 3.8) is 0 Å². The molecule has 0 aliphatic carbocycles. The van der Waals surface area contributed by atoms with E-state index >= 15 is 0 Å². The lowest BCUT2D eigenvalue weighted by Gasteiger charge is -2.18. The Morgan fingerprint density at radius 2 is 1.48 bits per heavy atom.